The Hall–Kier alpha value is -2.93. The summed E-state index contributed by atoms with van der Waals surface area (Å²) in [6.07, 6.45) is 11.1. The van der Waals surface area contributed by atoms with Gasteiger partial charge in [-0.25, -0.2) is 14.4 Å². The molecule has 0 aromatic rings. The third-order valence-corrected chi connectivity index (χ3v) is 8.13. The van der Waals surface area contributed by atoms with E-state index in [1.807, 2.05) is 0 Å². The highest BCUT2D eigenvalue weighted by Gasteiger charge is 2.31. The van der Waals surface area contributed by atoms with Crippen LogP contribution in [0.15, 0.2) is 0 Å². The Kier molecular flexibility index (Phi) is 22.1. The third-order valence-electron chi connectivity index (χ3n) is 8.13. The predicted octanol–water partition coefficient (Wildman–Crippen LogP) is 5.53. The van der Waals surface area contributed by atoms with Gasteiger partial charge in [-0.05, 0) is 107 Å². The minimum Gasteiger partial charge on any atom is -0.460 e. The zero-order valence-corrected chi connectivity index (χ0v) is 34.0. The molecule has 3 amide bonds. The van der Waals surface area contributed by atoms with E-state index in [9.17, 15) is 24.0 Å². The van der Waals surface area contributed by atoms with Crippen molar-refractivity contribution in [3.63, 3.8) is 0 Å². The third kappa shape index (κ3) is 25.9. The van der Waals surface area contributed by atoms with Crippen molar-refractivity contribution in [1.82, 2.24) is 26.2 Å². The van der Waals surface area contributed by atoms with E-state index in [0.717, 1.165) is 32.4 Å². The summed E-state index contributed by atoms with van der Waals surface area (Å²) in [6.45, 7) is 21.8. The number of esters is 3. The number of unbranched alkanes of at least 4 members (excludes halogenated alkanes) is 8. The quantitative estimate of drug-likeness (QED) is 0.0595. The summed E-state index contributed by atoms with van der Waals surface area (Å²) in [7, 11) is 0. The second-order valence-corrected chi connectivity index (χ2v) is 16.9. The van der Waals surface area contributed by atoms with Crippen molar-refractivity contribution in [3.8, 4) is 0 Å². The number of carbonyl (C=O) groups excluding carboxylic acids is 5. The molecule has 13 heteroatoms. The maximum absolute atomic E-state index is 13.1. The highest BCUT2D eigenvalue weighted by Crippen LogP contribution is 2.15. The summed E-state index contributed by atoms with van der Waals surface area (Å²) in [4.78, 5) is 66.4. The van der Waals surface area contributed by atoms with Gasteiger partial charge in [0.05, 0.1) is 0 Å². The summed E-state index contributed by atoms with van der Waals surface area (Å²) in [6, 6.07) is -2.92. The fraction of sp³-hybridized carbons (Fsp3) is 0.872. The smallest absolute Gasteiger partial charge is 0.329 e. The van der Waals surface area contributed by atoms with Gasteiger partial charge in [0.25, 0.3) is 0 Å². The number of nitrogens with zero attached hydrogens (tertiary/aromatic N) is 1. The fourth-order valence-electron chi connectivity index (χ4n) is 5.66. The number of carbonyl (C=O) groups is 5. The van der Waals surface area contributed by atoms with Gasteiger partial charge in [-0.3, -0.25) is 9.59 Å². The standard InChI is InChI=1S/C39H73N5O8/c1-37(2,3)50-33(46)23-22-31(35(48)52-39(7,8)9)43-36(49)42-30(34(47)51-38(4,5)6)20-17-18-24-41-32(45)21-16-14-12-10-11-13-15-19-27-44-28-25-40-26-29-44/h30-31,40H,10-29H2,1-9H3,(H,41,45)(H2,42,43,49)/t30-,31-/m0/s1. The Bertz CT molecular complexity index is 1070. The molecule has 1 fully saturated rings. The SMILES string of the molecule is CC(C)(C)OC(=O)CC[C@H](NC(=O)N[C@@H](CCCCNC(=O)CCCCCCCCCCN1CCNCC1)C(=O)OC(C)(C)C)C(=O)OC(C)(C)C. The first-order chi connectivity index (χ1) is 24.2. The van der Waals surface area contributed by atoms with Gasteiger partial charge in [0, 0.05) is 45.6 Å². The van der Waals surface area contributed by atoms with Crippen LogP contribution in [0.25, 0.3) is 0 Å². The normalized spacial score (nSPS) is 15.2. The van der Waals surface area contributed by atoms with Gasteiger partial charge < -0.3 is 40.4 Å². The monoisotopic (exact) mass is 740 g/mol. The Labute approximate surface area is 314 Å². The second-order valence-electron chi connectivity index (χ2n) is 16.9. The van der Waals surface area contributed by atoms with Gasteiger partial charge in [0.15, 0.2) is 0 Å². The number of rotatable bonds is 23. The topological polar surface area (TPSA) is 164 Å². The highest BCUT2D eigenvalue weighted by atomic mass is 16.6. The number of piperazine rings is 1. The molecular formula is C39H73N5O8. The van der Waals surface area contributed by atoms with Crippen LogP contribution in [0.2, 0.25) is 0 Å². The molecule has 2 atom stereocenters. The van der Waals surface area contributed by atoms with Crippen molar-refractivity contribution in [2.24, 2.45) is 0 Å². The molecule has 13 nitrogen and oxygen atoms in total. The average Bonchev–Trinajstić information content (AvgIpc) is 3.01. The van der Waals surface area contributed by atoms with Crippen molar-refractivity contribution in [3.05, 3.63) is 0 Å². The summed E-state index contributed by atoms with van der Waals surface area (Å²) in [5.74, 6) is -1.80. The lowest BCUT2D eigenvalue weighted by atomic mass is 10.1. The van der Waals surface area contributed by atoms with Crippen LogP contribution in [0.1, 0.15) is 152 Å². The lowest BCUT2D eigenvalue weighted by molar-refractivity contribution is -0.159. The van der Waals surface area contributed by atoms with Crippen LogP contribution >= 0.6 is 0 Å². The lowest BCUT2D eigenvalue weighted by Crippen LogP contribution is -2.53. The molecule has 1 aliphatic rings. The van der Waals surface area contributed by atoms with Gasteiger partial charge in [0.2, 0.25) is 5.91 Å². The Morgan fingerprint density at radius 3 is 1.60 bits per heavy atom. The number of amides is 3. The number of urea groups is 1. The first-order valence-corrected chi connectivity index (χ1v) is 19.7. The Morgan fingerprint density at radius 1 is 0.596 bits per heavy atom. The summed E-state index contributed by atoms with van der Waals surface area (Å²) >= 11 is 0. The Morgan fingerprint density at radius 2 is 1.08 bits per heavy atom. The summed E-state index contributed by atoms with van der Waals surface area (Å²) in [5.41, 5.74) is -2.30. The van der Waals surface area contributed by atoms with Crippen LogP contribution in [0.4, 0.5) is 4.79 Å². The van der Waals surface area contributed by atoms with Crippen molar-refractivity contribution in [2.45, 2.75) is 181 Å². The molecule has 0 aromatic heterocycles. The van der Waals surface area contributed by atoms with E-state index in [4.69, 9.17) is 14.2 Å². The molecule has 1 heterocycles. The molecule has 0 saturated carbocycles. The van der Waals surface area contributed by atoms with Crippen molar-refractivity contribution >= 4 is 29.8 Å². The van der Waals surface area contributed by atoms with Gasteiger partial charge >= 0.3 is 23.9 Å². The summed E-state index contributed by atoms with van der Waals surface area (Å²) in [5, 5.41) is 11.6. The fourth-order valence-corrected chi connectivity index (χ4v) is 5.66. The number of hydrogen-bond acceptors (Lipinski definition) is 10. The molecular weight excluding hydrogens is 666 g/mol. The molecule has 0 bridgehead atoms. The molecule has 1 saturated heterocycles. The second kappa shape index (κ2) is 24.4. The van der Waals surface area contributed by atoms with Crippen LogP contribution in [0, 0.1) is 0 Å². The van der Waals surface area contributed by atoms with Gasteiger partial charge in [0.1, 0.15) is 28.9 Å². The lowest BCUT2D eigenvalue weighted by Gasteiger charge is -2.27. The van der Waals surface area contributed by atoms with E-state index in [0.29, 0.717) is 25.8 Å². The van der Waals surface area contributed by atoms with E-state index in [-0.39, 0.29) is 25.2 Å². The molecule has 1 rings (SSSR count). The zero-order chi connectivity index (χ0) is 39.2. The maximum Gasteiger partial charge on any atom is 0.329 e. The van der Waals surface area contributed by atoms with E-state index in [1.165, 1.54) is 51.7 Å². The van der Waals surface area contributed by atoms with Crippen LogP contribution in [-0.2, 0) is 33.4 Å². The molecule has 0 radical (unpaired) electrons. The van der Waals surface area contributed by atoms with Crippen LogP contribution in [-0.4, -0.2) is 103 Å². The highest BCUT2D eigenvalue weighted by molar-refractivity contribution is 5.87. The zero-order valence-electron chi connectivity index (χ0n) is 34.0. The molecule has 0 spiro atoms. The molecule has 302 valence electrons. The molecule has 1 aliphatic heterocycles. The van der Waals surface area contributed by atoms with E-state index >= 15 is 0 Å². The molecule has 0 aliphatic carbocycles. The molecule has 52 heavy (non-hydrogen) atoms. The predicted molar refractivity (Wildman–Crippen MR) is 204 cm³/mol. The van der Waals surface area contributed by atoms with Crippen LogP contribution in [0.5, 0.6) is 0 Å². The van der Waals surface area contributed by atoms with Crippen molar-refractivity contribution in [2.75, 3.05) is 39.3 Å². The van der Waals surface area contributed by atoms with Gasteiger partial charge in [-0.1, -0.05) is 38.5 Å². The first kappa shape index (κ1) is 47.1. The minimum absolute atomic E-state index is 0.0219. The largest absolute Gasteiger partial charge is 0.460 e. The molecule has 4 N–H and O–H groups in total. The van der Waals surface area contributed by atoms with E-state index in [1.54, 1.807) is 62.3 Å². The number of ether oxygens (including phenoxy) is 3. The van der Waals surface area contributed by atoms with Gasteiger partial charge in [-0.15, -0.1) is 0 Å². The van der Waals surface area contributed by atoms with Crippen molar-refractivity contribution in [1.29, 1.82) is 0 Å². The van der Waals surface area contributed by atoms with Crippen LogP contribution < -0.4 is 21.3 Å². The maximum atomic E-state index is 13.1. The first-order valence-electron chi connectivity index (χ1n) is 19.7. The summed E-state index contributed by atoms with van der Waals surface area (Å²) < 4.78 is 16.4. The van der Waals surface area contributed by atoms with Gasteiger partial charge in [-0.2, -0.15) is 0 Å². The molecule has 0 aromatic carbocycles. The van der Waals surface area contributed by atoms with E-state index in [2.05, 4.69) is 26.2 Å². The minimum atomic E-state index is -1.15. The van der Waals surface area contributed by atoms with Crippen LogP contribution in [0.3, 0.4) is 0 Å². The number of hydrogen-bond donors (Lipinski definition) is 4. The van der Waals surface area contributed by atoms with Crippen molar-refractivity contribution < 1.29 is 38.2 Å². The molecule has 0 unspecified atom stereocenters. The average molecular weight is 740 g/mol. The number of nitrogens with one attached hydrogen (secondary N) is 4. The Balaban J connectivity index is 2.46. The van der Waals surface area contributed by atoms with E-state index < -0.39 is 52.8 Å².